The molecule has 0 aliphatic carbocycles. The van der Waals surface area contributed by atoms with Crippen molar-refractivity contribution in [2.24, 2.45) is 5.16 Å². The summed E-state index contributed by atoms with van der Waals surface area (Å²) >= 11 is 6.36. The van der Waals surface area contributed by atoms with Gasteiger partial charge in [-0.2, -0.15) is 18.3 Å². The fourth-order valence-electron chi connectivity index (χ4n) is 3.26. The van der Waals surface area contributed by atoms with Crippen molar-refractivity contribution in [3.8, 4) is 11.6 Å². The molecule has 0 aliphatic heterocycles. The van der Waals surface area contributed by atoms with Crippen LogP contribution in [-0.2, 0) is 6.18 Å². The summed E-state index contributed by atoms with van der Waals surface area (Å²) in [4.78, 5) is 14.2. The highest BCUT2D eigenvalue weighted by Crippen LogP contribution is 2.32. The quantitative estimate of drug-likeness (QED) is 0.252. The second kappa shape index (κ2) is 10.4. The first-order valence-corrected chi connectivity index (χ1v) is 10.8. The van der Waals surface area contributed by atoms with Gasteiger partial charge in [-0.05, 0) is 45.4 Å². The lowest BCUT2D eigenvalue weighted by Crippen LogP contribution is -2.46. The van der Waals surface area contributed by atoms with E-state index in [0.717, 1.165) is 11.8 Å². The number of aromatic nitrogens is 4. The topological polar surface area (TPSA) is 88.7 Å². The summed E-state index contributed by atoms with van der Waals surface area (Å²) in [6.07, 6.45) is 0.962. The monoisotopic (exact) mass is 496 g/mol. The molecule has 0 bridgehead atoms. The first-order valence-electron chi connectivity index (χ1n) is 10.4. The molecule has 3 aromatic rings. The predicted molar refractivity (Wildman–Crippen MR) is 122 cm³/mol. The molecule has 3 rings (SSSR count). The number of aliphatic hydroxyl groups is 1. The van der Waals surface area contributed by atoms with E-state index in [0.29, 0.717) is 24.4 Å². The number of oxime groups is 1. The summed E-state index contributed by atoms with van der Waals surface area (Å²) in [7, 11) is 0. The molecule has 1 N–H and O–H groups in total. The molecule has 1 atom stereocenters. The van der Waals surface area contributed by atoms with Crippen LogP contribution in [0.5, 0.6) is 5.88 Å². The number of hydrogen-bond donors (Lipinski definition) is 1. The summed E-state index contributed by atoms with van der Waals surface area (Å²) < 4.78 is 39.9. The Balaban J connectivity index is 1.68. The third kappa shape index (κ3) is 6.23. The Kier molecular flexibility index (Phi) is 7.78. The zero-order valence-corrected chi connectivity index (χ0v) is 19.5. The Morgan fingerprint density at radius 1 is 1.26 bits per heavy atom. The van der Waals surface area contributed by atoms with Crippen molar-refractivity contribution in [1.29, 1.82) is 0 Å². The first-order chi connectivity index (χ1) is 16.0. The van der Waals surface area contributed by atoms with Gasteiger partial charge in [0.2, 0.25) is 5.88 Å². The fraction of sp³-hybridized carbons (Fsp3) is 0.364. The molecular formula is C22H24ClF3N6O2. The van der Waals surface area contributed by atoms with Crippen LogP contribution in [0.4, 0.5) is 18.9 Å². The summed E-state index contributed by atoms with van der Waals surface area (Å²) in [6, 6.07) is 6.92. The molecule has 3 aromatic heterocycles. The van der Waals surface area contributed by atoms with Crippen molar-refractivity contribution in [2.45, 2.75) is 45.5 Å². The van der Waals surface area contributed by atoms with Crippen molar-refractivity contribution < 1.29 is 23.1 Å². The molecule has 0 fully saturated rings. The van der Waals surface area contributed by atoms with Gasteiger partial charge in [-0.15, -0.1) is 0 Å². The molecule has 0 aliphatic rings. The van der Waals surface area contributed by atoms with Crippen molar-refractivity contribution in [1.82, 2.24) is 19.7 Å². The molecule has 1 unspecified atom stereocenters. The minimum Gasteiger partial charge on any atom is -0.371 e. The second-order valence-electron chi connectivity index (χ2n) is 7.70. The van der Waals surface area contributed by atoms with Crippen LogP contribution < -0.4 is 9.74 Å². The molecule has 0 aromatic carbocycles. The number of nitrogens with zero attached hydrogens (tertiary/aromatic N) is 6. The lowest BCUT2D eigenvalue weighted by molar-refractivity contribution is -0.141. The Labute approximate surface area is 199 Å². The van der Waals surface area contributed by atoms with E-state index >= 15 is 0 Å². The van der Waals surface area contributed by atoms with Gasteiger partial charge in [0.1, 0.15) is 11.4 Å². The van der Waals surface area contributed by atoms with E-state index in [2.05, 4.69) is 20.2 Å². The molecule has 0 saturated carbocycles. The Morgan fingerprint density at radius 2 is 2.03 bits per heavy atom. The predicted octanol–water partition coefficient (Wildman–Crippen LogP) is 5.10. The minimum absolute atomic E-state index is 0.218. The molecule has 0 radical (unpaired) electrons. The highest BCUT2D eigenvalue weighted by atomic mass is 35.5. The van der Waals surface area contributed by atoms with Crippen LogP contribution in [0.1, 0.15) is 39.3 Å². The summed E-state index contributed by atoms with van der Waals surface area (Å²) in [5.74, 6) is -0.272. The summed E-state index contributed by atoms with van der Waals surface area (Å²) in [6.45, 7) is 5.59. The molecule has 8 nitrogen and oxygen atoms in total. The van der Waals surface area contributed by atoms with Gasteiger partial charge in [0.25, 0.3) is 0 Å². The smallest absolute Gasteiger partial charge is 0.371 e. The van der Waals surface area contributed by atoms with E-state index in [1.807, 2.05) is 13.0 Å². The SMILES string of the molecule is CCN(c1cn(-c2cccnc2)nc1Cl)C(C)(O)CCC(C)=NOc1cccc(C(F)(F)F)n1. The zero-order valence-electron chi connectivity index (χ0n) is 18.8. The highest BCUT2D eigenvalue weighted by Gasteiger charge is 2.33. The highest BCUT2D eigenvalue weighted by molar-refractivity contribution is 6.32. The van der Waals surface area contributed by atoms with Crippen LogP contribution in [0.2, 0.25) is 5.15 Å². The van der Waals surface area contributed by atoms with Gasteiger partial charge in [-0.1, -0.05) is 22.8 Å². The van der Waals surface area contributed by atoms with Gasteiger partial charge in [-0.25, -0.2) is 9.67 Å². The summed E-state index contributed by atoms with van der Waals surface area (Å²) in [5, 5.41) is 19.5. The molecule has 0 amide bonds. The molecular weight excluding hydrogens is 473 g/mol. The Hall–Kier alpha value is -3.18. The standard InChI is InChI=1S/C22H24ClF3N6O2/c1-4-31(17-14-32(29-20(17)23)16-7-6-12-27-13-16)21(3,33)11-10-15(2)30-34-19-9-5-8-18(28-19)22(24,25)26/h5-9,12-14,33H,4,10-11H2,1-3H3. The summed E-state index contributed by atoms with van der Waals surface area (Å²) in [5.41, 5.74) is -0.672. The molecule has 34 heavy (non-hydrogen) atoms. The van der Waals surface area contributed by atoms with Gasteiger partial charge in [0, 0.05) is 25.2 Å². The minimum atomic E-state index is -4.58. The number of rotatable bonds is 9. The third-order valence-electron chi connectivity index (χ3n) is 5.02. The van der Waals surface area contributed by atoms with Crippen LogP contribution in [0, 0.1) is 0 Å². The van der Waals surface area contributed by atoms with Crippen LogP contribution >= 0.6 is 11.6 Å². The van der Waals surface area contributed by atoms with Gasteiger partial charge in [0.15, 0.2) is 5.15 Å². The van der Waals surface area contributed by atoms with E-state index in [4.69, 9.17) is 16.4 Å². The number of anilines is 1. The van der Waals surface area contributed by atoms with Crippen LogP contribution in [0.15, 0.2) is 54.1 Å². The maximum absolute atomic E-state index is 12.8. The fourth-order valence-corrected chi connectivity index (χ4v) is 3.50. The van der Waals surface area contributed by atoms with Gasteiger partial charge < -0.3 is 14.8 Å². The average molecular weight is 497 g/mol. The van der Waals surface area contributed by atoms with Gasteiger partial charge >= 0.3 is 6.18 Å². The maximum Gasteiger partial charge on any atom is 0.433 e. The molecule has 12 heteroatoms. The van der Waals surface area contributed by atoms with E-state index < -0.39 is 17.6 Å². The number of alkyl halides is 3. The third-order valence-corrected chi connectivity index (χ3v) is 5.29. The van der Waals surface area contributed by atoms with Crippen molar-refractivity contribution >= 4 is 23.0 Å². The number of hydrogen-bond acceptors (Lipinski definition) is 7. The van der Waals surface area contributed by atoms with Gasteiger partial charge in [-0.3, -0.25) is 4.98 Å². The maximum atomic E-state index is 12.8. The Bertz CT molecular complexity index is 1140. The first kappa shape index (κ1) is 25.4. The lowest BCUT2D eigenvalue weighted by Gasteiger charge is -2.37. The average Bonchev–Trinajstić information content (AvgIpc) is 3.18. The number of pyridine rings is 2. The van der Waals surface area contributed by atoms with Crippen molar-refractivity contribution in [2.75, 3.05) is 11.4 Å². The molecule has 3 heterocycles. The molecule has 182 valence electrons. The zero-order chi connectivity index (χ0) is 24.9. The van der Waals surface area contributed by atoms with E-state index in [-0.39, 0.29) is 17.5 Å². The van der Waals surface area contributed by atoms with Crippen LogP contribution in [0.25, 0.3) is 5.69 Å². The molecule has 0 saturated heterocycles. The van der Waals surface area contributed by atoms with Crippen molar-refractivity contribution in [3.05, 3.63) is 59.8 Å². The van der Waals surface area contributed by atoms with Crippen LogP contribution in [-0.4, -0.2) is 42.8 Å². The van der Waals surface area contributed by atoms with E-state index in [1.165, 1.54) is 12.1 Å². The second-order valence-corrected chi connectivity index (χ2v) is 8.06. The van der Waals surface area contributed by atoms with Crippen LogP contribution in [0.3, 0.4) is 0 Å². The van der Waals surface area contributed by atoms with Crippen molar-refractivity contribution in [3.63, 3.8) is 0 Å². The molecule has 0 spiro atoms. The van der Waals surface area contributed by atoms with Gasteiger partial charge in [0.05, 0.1) is 29.5 Å². The number of halogens is 4. The Morgan fingerprint density at radius 3 is 2.68 bits per heavy atom. The lowest BCUT2D eigenvalue weighted by atomic mass is 10.0. The van der Waals surface area contributed by atoms with E-state index in [9.17, 15) is 18.3 Å². The van der Waals surface area contributed by atoms with E-state index in [1.54, 1.807) is 48.1 Å². The largest absolute Gasteiger partial charge is 0.433 e. The normalized spacial score (nSPS) is 14.1.